The third-order valence-electron chi connectivity index (χ3n) is 4.55. The molecule has 0 saturated carbocycles. The van der Waals surface area contributed by atoms with E-state index in [9.17, 15) is 4.79 Å². The van der Waals surface area contributed by atoms with Crippen molar-refractivity contribution in [3.05, 3.63) is 83.9 Å². The van der Waals surface area contributed by atoms with Crippen LogP contribution in [0.5, 0.6) is 11.5 Å². The Morgan fingerprint density at radius 1 is 0.931 bits per heavy atom. The largest absolute Gasteiger partial charge is 0.489 e. The van der Waals surface area contributed by atoms with Gasteiger partial charge in [-0.1, -0.05) is 48.5 Å². The molecule has 4 nitrogen and oxygen atoms in total. The van der Waals surface area contributed by atoms with E-state index in [1.807, 2.05) is 79.7 Å². The van der Waals surface area contributed by atoms with E-state index in [1.165, 1.54) is 0 Å². The van der Waals surface area contributed by atoms with Crippen LogP contribution in [-0.4, -0.2) is 18.7 Å². The maximum atomic E-state index is 11.8. The first-order valence-electron chi connectivity index (χ1n) is 9.78. The monoisotopic (exact) mass is 390 g/mol. The van der Waals surface area contributed by atoms with Gasteiger partial charge in [0, 0.05) is 0 Å². The minimum atomic E-state index is -0.653. The van der Waals surface area contributed by atoms with Gasteiger partial charge in [0.2, 0.25) is 0 Å². The van der Waals surface area contributed by atoms with E-state index in [1.54, 1.807) is 13.8 Å². The Hall–Kier alpha value is -3.27. The summed E-state index contributed by atoms with van der Waals surface area (Å²) in [4.78, 5) is 11.8. The highest BCUT2D eigenvalue weighted by molar-refractivity contribution is 5.75. The molecule has 1 unspecified atom stereocenters. The summed E-state index contributed by atoms with van der Waals surface area (Å²) in [5, 5.41) is 0. The maximum Gasteiger partial charge on any atom is 0.347 e. The van der Waals surface area contributed by atoms with E-state index in [2.05, 4.69) is 0 Å². The molecule has 0 saturated heterocycles. The van der Waals surface area contributed by atoms with Crippen molar-refractivity contribution >= 4 is 5.97 Å². The molecule has 0 aliphatic carbocycles. The van der Waals surface area contributed by atoms with Crippen molar-refractivity contribution in [2.75, 3.05) is 6.61 Å². The molecule has 0 bridgehead atoms. The van der Waals surface area contributed by atoms with Crippen LogP contribution in [0.15, 0.2) is 72.8 Å². The van der Waals surface area contributed by atoms with E-state index >= 15 is 0 Å². The Morgan fingerprint density at radius 3 is 2.31 bits per heavy atom. The molecule has 0 fully saturated rings. The standard InChI is InChI=1S/C25H26O4/c1-4-27-25(26)19(3)29-23-13-10-18(2)24(16-23)21-11-14-22(15-12-21)28-17-20-8-6-5-7-9-20/h5-16,19H,4,17H2,1-3H3. The molecule has 0 aliphatic heterocycles. The summed E-state index contributed by atoms with van der Waals surface area (Å²) >= 11 is 0. The van der Waals surface area contributed by atoms with E-state index in [4.69, 9.17) is 14.2 Å². The lowest BCUT2D eigenvalue weighted by molar-refractivity contribution is -0.150. The lowest BCUT2D eigenvalue weighted by Crippen LogP contribution is -2.26. The van der Waals surface area contributed by atoms with Crippen LogP contribution in [0.3, 0.4) is 0 Å². The van der Waals surface area contributed by atoms with Gasteiger partial charge >= 0.3 is 5.97 Å². The molecule has 4 heteroatoms. The van der Waals surface area contributed by atoms with Gasteiger partial charge in [0.05, 0.1) is 6.61 Å². The number of hydrogen-bond donors (Lipinski definition) is 0. The van der Waals surface area contributed by atoms with Crippen molar-refractivity contribution in [3.63, 3.8) is 0 Å². The van der Waals surface area contributed by atoms with Gasteiger partial charge in [0.15, 0.2) is 6.10 Å². The van der Waals surface area contributed by atoms with Crippen molar-refractivity contribution in [3.8, 4) is 22.6 Å². The predicted octanol–water partition coefficient (Wildman–Crippen LogP) is 5.57. The molecule has 0 aromatic heterocycles. The Morgan fingerprint density at radius 2 is 1.62 bits per heavy atom. The minimum absolute atomic E-state index is 0.338. The quantitative estimate of drug-likeness (QED) is 0.472. The van der Waals surface area contributed by atoms with Crippen molar-refractivity contribution in [2.24, 2.45) is 0 Å². The Bertz CT molecular complexity index is 933. The van der Waals surface area contributed by atoms with Crippen LogP contribution in [0.25, 0.3) is 11.1 Å². The second-order valence-corrected chi connectivity index (χ2v) is 6.79. The summed E-state index contributed by atoms with van der Waals surface area (Å²) in [6, 6.07) is 23.9. The molecule has 0 N–H and O–H groups in total. The fourth-order valence-corrected chi connectivity index (χ4v) is 2.97. The predicted molar refractivity (Wildman–Crippen MR) is 114 cm³/mol. The molecule has 150 valence electrons. The molecule has 0 amide bonds. The third kappa shape index (κ3) is 5.61. The van der Waals surface area contributed by atoms with Gasteiger partial charge in [0.25, 0.3) is 0 Å². The highest BCUT2D eigenvalue weighted by Gasteiger charge is 2.16. The summed E-state index contributed by atoms with van der Waals surface area (Å²) in [6.45, 7) is 6.39. The third-order valence-corrected chi connectivity index (χ3v) is 4.55. The van der Waals surface area contributed by atoms with Gasteiger partial charge in [-0.15, -0.1) is 0 Å². The van der Waals surface area contributed by atoms with E-state index in [-0.39, 0.29) is 5.97 Å². The Balaban J connectivity index is 1.70. The number of aryl methyl sites for hydroxylation is 1. The number of esters is 1. The number of carbonyl (C=O) groups excluding carboxylic acids is 1. The number of hydrogen-bond acceptors (Lipinski definition) is 4. The zero-order valence-electron chi connectivity index (χ0n) is 17.1. The second kappa shape index (κ2) is 9.78. The normalized spacial score (nSPS) is 11.6. The molecule has 1 atom stereocenters. The molecular formula is C25H26O4. The highest BCUT2D eigenvalue weighted by atomic mass is 16.6. The number of rotatable bonds is 8. The molecule has 29 heavy (non-hydrogen) atoms. The minimum Gasteiger partial charge on any atom is -0.489 e. The number of carbonyl (C=O) groups is 1. The molecule has 0 radical (unpaired) electrons. The van der Waals surface area contributed by atoms with Gasteiger partial charge in [0.1, 0.15) is 18.1 Å². The van der Waals surface area contributed by atoms with Crippen molar-refractivity contribution < 1.29 is 19.0 Å². The highest BCUT2D eigenvalue weighted by Crippen LogP contribution is 2.29. The SMILES string of the molecule is CCOC(=O)C(C)Oc1ccc(C)c(-c2ccc(OCc3ccccc3)cc2)c1. The summed E-state index contributed by atoms with van der Waals surface area (Å²) < 4.78 is 16.6. The molecule has 3 aromatic carbocycles. The topological polar surface area (TPSA) is 44.8 Å². The first-order valence-corrected chi connectivity index (χ1v) is 9.78. The van der Waals surface area contributed by atoms with Crippen LogP contribution >= 0.6 is 0 Å². The van der Waals surface area contributed by atoms with Crippen LogP contribution < -0.4 is 9.47 Å². The van der Waals surface area contributed by atoms with E-state index in [0.717, 1.165) is 28.0 Å². The van der Waals surface area contributed by atoms with Gasteiger partial charge in [-0.05, 0) is 67.3 Å². The van der Waals surface area contributed by atoms with Gasteiger partial charge in [-0.25, -0.2) is 4.79 Å². The summed E-state index contributed by atoms with van der Waals surface area (Å²) in [6.07, 6.45) is -0.653. The van der Waals surface area contributed by atoms with E-state index < -0.39 is 6.10 Å². The lowest BCUT2D eigenvalue weighted by atomic mass is 10.0. The van der Waals surface area contributed by atoms with Crippen LogP contribution in [0.4, 0.5) is 0 Å². The number of ether oxygens (including phenoxy) is 3. The Kier molecular flexibility index (Phi) is 6.90. The fourth-order valence-electron chi connectivity index (χ4n) is 2.97. The first-order chi connectivity index (χ1) is 14.1. The van der Waals surface area contributed by atoms with E-state index in [0.29, 0.717) is 19.0 Å². The molecular weight excluding hydrogens is 364 g/mol. The van der Waals surface area contributed by atoms with Crippen molar-refractivity contribution in [1.29, 1.82) is 0 Å². The summed E-state index contributed by atoms with van der Waals surface area (Å²) in [5.74, 6) is 1.09. The average Bonchev–Trinajstić information content (AvgIpc) is 2.75. The second-order valence-electron chi connectivity index (χ2n) is 6.79. The Labute approximate surface area is 172 Å². The van der Waals surface area contributed by atoms with Gasteiger partial charge in [-0.3, -0.25) is 0 Å². The average molecular weight is 390 g/mol. The molecule has 0 spiro atoms. The zero-order chi connectivity index (χ0) is 20.6. The van der Waals surface area contributed by atoms with Crippen molar-refractivity contribution in [2.45, 2.75) is 33.5 Å². The smallest absolute Gasteiger partial charge is 0.347 e. The van der Waals surface area contributed by atoms with Gasteiger partial charge in [-0.2, -0.15) is 0 Å². The fraction of sp³-hybridized carbons (Fsp3) is 0.240. The summed E-state index contributed by atoms with van der Waals surface area (Å²) in [7, 11) is 0. The first kappa shape index (κ1) is 20.5. The van der Waals surface area contributed by atoms with Crippen LogP contribution in [0, 0.1) is 6.92 Å². The number of benzene rings is 3. The van der Waals surface area contributed by atoms with Gasteiger partial charge < -0.3 is 14.2 Å². The molecule has 3 rings (SSSR count). The lowest BCUT2D eigenvalue weighted by Gasteiger charge is -2.15. The summed E-state index contributed by atoms with van der Waals surface area (Å²) in [5.41, 5.74) is 4.36. The van der Waals surface area contributed by atoms with Crippen LogP contribution in [0.2, 0.25) is 0 Å². The molecule has 3 aromatic rings. The van der Waals surface area contributed by atoms with Crippen LogP contribution in [0.1, 0.15) is 25.0 Å². The molecule has 0 aliphatic rings. The zero-order valence-corrected chi connectivity index (χ0v) is 17.1. The molecule has 0 heterocycles. The van der Waals surface area contributed by atoms with Crippen molar-refractivity contribution in [1.82, 2.24) is 0 Å². The maximum absolute atomic E-state index is 11.8. The van der Waals surface area contributed by atoms with Crippen LogP contribution in [-0.2, 0) is 16.1 Å².